The molecule has 5 fully saturated rings. The number of ether oxygens (including phenoxy) is 1. The van der Waals surface area contributed by atoms with E-state index < -0.39 is 28.9 Å². The van der Waals surface area contributed by atoms with Crippen LogP contribution in [0.2, 0.25) is 0 Å². The number of allylic oxidation sites excluding steroid dienone is 1. The number of amides is 1. The minimum atomic E-state index is -1.18. The third kappa shape index (κ3) is 7.31. The van der Waals surface area contributed by atoms with Crippen LogP contribution in [-0.2, 0) is 30.5 Å². The molecule has 0 bridgehead atoms. The number of carbonyl (C=O) groups excluding carboxylic acids is 3. The van der Waals surface area contributed by atoms with Gasteiger partial charge in [-0.2, -0.15) is 0 Å². The molecule has 2 heterocycles. The Hall–Kier alpha value is -3.11. The number of ketones is 1. The molecular weight excluding hydrogens is 743 g/mol. The number of fused-ring (bicyclic) bond motifs is 7. The maximum absolute atomic E-state index is 14.4. The summed E-state index contributed by atoms with van der Waals surface area (Å²) in [6, 6.07) is 5.92. The quantitative estimate of drug-likeness (QED) is 0.189. The van der Waals surface area contributed by atoms with Crippen molar-refractivity contribution in [3.8, 4) is 0 Å². The third-order valence-electron chi connectivity index (χ3n) is 17.9. The van der Waals surface area contributed by atoms with Crippen LogP contribution in [-0.4, -0.2) is 87.0 Å². The highest BCUT2D eigenvalue weighted by molar-refractivity contribution is 6.00. The molecule has 7 rings (SSSR count). The van der Waals surface area contributed by atoms with Crippen molar-refractivity contribution in [3.63, 3.8) is 0 Å². The van der Waals surface area contributed by atoms with E-state index in [2.05, 4.69) is 58.4 Å². The fourth-order valence-corrected chi connectivity index (χ4v) is 14.5. The van der Waals surface area contributed by atoms with Gasteiger partial charge in [-0.1, -0.05) is 60.1 Å². The fraction of sp³-hybridized carbons (Fsp3) is 0.776. The number of aliphatic hydroxyl groups is 1. The topological polar surface area (TPSA) is 137 Å². The van der Waals surface area contributed by atoms with E-state index in [0.29, 0.717) is 50.9 Å². The molecule has 2 N–H and O–H groups in total. The molecule has 1 aliphatic heterocycles. The lowest BCUT2D eigenvalue weighted by molar-refractivity contribution is -0.235. The average Bonchev–Trinajstić information content (AvgIpc) is 3.71. The van der Waals surface area contributed by atoms with Crippen molar-refractivity contribution in [3.05, 3.63) is 41.2 Å². The van der Waals surface area contributed by atoms with Crippen LogP contribution in [0.15, 0.2) is 35.5 Å². The molecular formula is C49H73N3O7. The van der Waals surface area contributed by atoms with Crippen LogP contribution in [0.1, 0.15) is 145 Å². The Morgan fingerprint density at radius 2 is 1.73 bits per heavy atom. The summed E-state index contributed by atoms with van der Waals surface area (Å²) in [7, 11) is 0. The molecule has 326 valence electrons. The number of hydrogen-bond donors (Lipinski definition) is 2. The lowest BCUT2D eigenvalue weighted by Gasteiger charge is -2.72. The third-order valence-corrected chi connectivity index (χ3v) is 17.9. The van der Waals surface area contributed by atoms with Crippen LogP contribution in [0.5, 0.6) is 0 Å². The van der Waals surface area contributed by atoms with Crippen LogP contribution in [0, 0.1) is 56.2 Å². The second-order valence-electron chi connectivity index (χ2n) is 22.1. The van der Waals surface area contributed by atoms with Crippen LogP contribution < -0.4 is 0 Å². The summed E-state index contributed by atoms with van der Waals surface area (Å²) in [6.45, 7) is 22.6. The first-order chi connectivity index (χ1) is 27.6. The Kier molecular flexibility index (Phi) is 11.7. The Morgan fingerprint density at radius 1 is 0.983 bits per heavy atom. The van der Waals surface area contributed by atoms with Gasteiger partial charge < -0.3 is 19.8 Å². The average molecular weight is 816 g/mol. The zero-order chi connectivity index (χ0) is 42.9. The summed E-state index contributed by atoms with van der Waals surface area (Å²) >= 11 is 0. The van der Waals surface area contributed by atoms with Gasteiger partial charge in [-0.3, -0.25) is 29.1 Å². The van der Waals surface area contributed by atoms with Gasteiger partial charge in [0.15, 0.2) is 5.78 Å². The molecule has 1 aromatic heterocycles. The molecule has 5 aliphatic carbocycles. The number of aliphatic hydroxyl groups excluding tert-OH is 1. The Bertz CT molecular complexity index is 1840. The number of rotatable bonds is 13. The number of nitrogens with zero attached hydrogens (tertiary/aromatic N) is 3. The Balaban J connectivity index is 1.16. The minimum absolute atomic E-state index is 0.0113. The fourth-order valence-electron chi connectivity index (χ4n) is 14.5. The molecule has 1 amide bonds. The molecule has 10 nitrogen and oxygen atoms in total. The van der Waals surface area contributed by atoms with Crippen molar-refractivity contribution in [1.82, 2.24) is 14.8 Å². The standard InChI is InChI=1S/C49H73N3O7/c1-31(2)41-34(53)27-49(37(54)30-51(29-32-13-10-11-23-50-32)25-26-52-24-12-14-39(52)55)22-21-47(8)33(42(41)49)15-16-36-46(7)19-18-38(59-40(56)28-44(3,4)43(57)58)45(5,6)35(46)17-20-48(36,47)9/h10-11,13,23,31,33,35-38,54H,12,14-22,24-30H2,1-9H3,(H,57,58)/t33-,35+,36-,37+,38-,46+,47-,48-,49+/m1/s1. The Morgan fingerprint density at radius 3 is 2.37 bits per heavy atom. The number of aliphatic carboxylic acids is 1. The monoisotopic (exact) mass is 816 g/mol. The predicted molar refractivity (Wildman–Crippen MR) is 227 cm³/mol. The second-order valence-corrected chi connectivity index (χ2v) is 22.1. The summed E-state index contributed by atoms with van der Waals surface area (Å²) in [4.78, 5) is 60.8. The number of carboxylic acid groups (broad SMARTS) is 1. The van der Waals surface area contributed by atoms with Gasteiger partial charge in [0, 0.05) is 62.6 Å². The van der Waals surface area contributed by atoms with E-state index in [9.17, 15) is 29.4 Å². The first-order valence-electron chi connectivity index (χ1n) is 22.9. The van der Waals surface area contributed by atoms with E-state index in [1.807, 2.05) is 23.1 Å². The molecule has 4 saturated carbocycles. The molecule has 10 heteroatoms. The van der Waals surface area contributed by atoms with E-state index in [1.54, 1.807) is 20.0 Å². The highest BCUT2D eigenvalue weighted by Gasteiger charge is 2.71. The maximum Gasteiger partial charge on any atom is 0.309 e. The van der Waals surface area contributed by atoms with Crippen LogP contribution in [0.4, 0.5) is 0 Å². The van der Waals surface area contributed by atoms with Gasteiger partial charge in [0.1, 0.15) is 6.10 Å². The van der Waals surface area contributed by atoms with Crippen molar-refractivity contribution < 1.29 is 34.1 Å². The van der Waals surface area contributed by atoms with E-state index >= 15 is 0 Å². The molecule has 1 aromatic rings. The van der Waals surface area contributed by atoms with Crippen molar-refractivity contribution in [2.45, 2.75) is 158 Å². The highest BCUT2D eigenvalue weighted by Crippen LogP contribution is 2.77. The number of pyridine rings is 1. The van der Waals surface area contributed by atoms with E-state index in [4.69, 9.17) is 4.74 Å². The van der Waals surface area contributed by atoms with Gasteiger partial charge in [-0.05, 0) is 129 Å². The second kappa shape index (κ2) is 15.7. The van der Waals surface area contributed by atoms with E-state index in [0.717, 1.165) is 75.6 Å². The number of carbonyl (C=O) groups is 4. The number of hydrogen-bond acceptors (Lipinski definition) is 8. The van der Waals surface area contributed by atoms with Gasteiger partial charge >= 0.3 is 11.9 Å². The van der Waals surface area contributed by atoms with Crippen LogP contribution >= 0.6 is 0 Å². The first kappa shape index (κ1) is 44.0. The zero-order valence-electron chi connectivity index (χ0n) is 37.6. The van der Waals surface area contributed by atoms with Gasteiger partial charge in [-0.15, -0.1) is 0 Å². The largest absolute Gasteiger partial charge is 0.481 e. The summed E-state index contributed by atoms with van der Waals surface area (Å²) in [5.41, 5.74) is 1.08. The molecule has 0 radical (unpaired) electrons. The van der Waals surface area contributed by atoms with E-state index in [-0.39, 0.29) is 57.7 Å². The summed E-state index contributed by atoms with van der Waals surface area (Å²) in [6.07, 6.45) is 10.1. The number of aromatic nitrogens is 1. The summed E-state index contributed by atoms with van der Waals surface area (Å²) < 4.78 is 6.20. The molecule has 0 spiro atoms. The smallest absolute Gasteiger partial charge is 0.309 e. The normalized spacial score (nSPS) is 36.0. The van der Waals surface area contributed by atoms with Crippen molar-refractivity contribution in [2.24, 2.45) is 56.2 Å². The van der Waals surface area contributed by atoms with Crippen molar-refractivity contribution in [1.29, 1.82) is 0 Å². The highest BCUT2D eigenvalue weighted by atomic mass is 16.5. The van der Waals surface area contributed by atoms with Crippen LogP contribution in [0.25, 0.3) is 0 Å². The number of likely N-dealkylation sites (tertiary alicyclic amines) is 1. The molecule has 9 atom stereocenters. The number of Topliss-reactive ketones (excluding diaryl/α,β-unsaturated/α-hetero) is 1. The van der Waals surface area contributed by atoms with Gasteiger partial charge in [0.05, 0.1) is 23.6 Å². The number of esters is 1. The minimum Gasteiger partial charge on any atom is -0.481 e. The van der Waals surface area contributed by atoms with Crippen LogP contribution in [0.3, 0.4) is 0 Å². The molecule has 6 aliphatic rings. The summed E-state index contributed by atoms with van der Waals surface area (Å²) in [5, 5.41) is 22.4. The van der Waals surface area contributed by atoms with Gasteiger partial charge in [0.25, 0.3) is 0 Å². The van der Waals surface area contributed by atoms with E-state index in [1.165, 1.54) is 5.57 Å². The summed E-state index contributed by atoms with van der Waals surface area (Å²) in [5.74, 6) is 0.0501. The lowest BCUT2D eigenvalue weighted by atomic mass is 9.33. The predicted octanol–water partition coefficient (Wildman–Crippen LogP) is 8.26. The first-order valence-corrected chi connectivity index (χ1v) is 22.9. The lowest BCUT2D eigenvalue weighted by Crippen LogP contribution is -2.66. The number of carboxylic acids is 1. The van der Waals surface area contributed by atoms with Gasteiger partial charge in [-0.25, -0.2) is 0 Å². The Labute approximate surface area is 353 Å². The SMILES string of the molecule is CC(C)C1=C2[C@H]3CC[C@@H]4[C@@]5(C)CC[C@@H](OC(=O)CC(C)(C)C(=O)O)C(C)(C)[C@@H]5CC[C@@]4(C)[C@]3(C)CC[C@@]2([C@@H](O)CN(CCN2CCCC2=O)Cc2ccccn2)CC1=O. The van der Waals surface area contributed by atoms with Crippen molar-refractivity contribution >= 4 is 23.6 Å². The maximum atomic E-state index is 14.4. The molecule has 59 heavy (non-hydrogen) atoms. The molecule has 0 unspecified atom stereocenters. The zero-order valence-corrected chi connectivity index (χ0v) is 37.6. The van der Waals surface area contributed by atoms with Crippen molar-refractivity contribution in [2.75, 3.05) is 26.2 Å². The van der Waals surface area contributed by atoms with Gasteiger partial charge in [0.2, 0.25) is 5.91 Å². The molecule has 0 aromatic carbocycles. The molecule has 1 saturated heterocycles.